The molecule has 1 saturated heterocycles. The number of rotatable bonds is 5. The number of benzene rings is 1. The molecule has 1 atom stereocenters. The lowest BCUT2D eigenvalue weighted by Crippen LogP contribution is -2.42. The standard InChI is InChI=1S/C14H17F2N3O2.ClH/c1-17-7-5-12(20)18-11-6-8-19(14(11)21)13-9(15)3-2-4-10(13)16;/h2-4,11,17H,5-8H2,1H3,(H,18,20);1H. The fourth-order valence-electron chi connectivity index (χ4n) is 2.29. The van der Waals surface area contributed by atoms with E-state index in [-0.39, 0.29) is 37.0 Å². The molecule has 0 aromatic heterocycles. The predicted molar refractivity (Wildman–Crippen MR) is 81.1 cm³/mol. The third-order valence-electron chi connectivity index (χ3n) is 3.35. The highest BCUT2D eigenvalue weighted by molar-refractivity contribution is 6.01. The zero-order valence-electron chi connectivity index (χ0n) is 12.1. The zero-order valence-corrected chi connectivity index (χ0v) is 12.9. The zero-order chi connectivity index (χ0) is 15.4. The summed E-state index contributed by atoms with van der Waals surface area (Å²) in [5, 5.41) is 5.42. The van der Waals surface area contributed by atoms with Crippen LogP contribution in [0.15, 0.2) is 18.2 Å². The molecule has 122 valence electrons. The van der Waals surface area contributed by atoms with E-state index in [2.05, 4.69) is 10.6 Å². The van der Waals surface area contributed by atoms with Crippen LogP contribution in [-0.2, 0) is 9.59 Å². The Labute approximate surface area is 133 Å². The van der Waals surface area contributed by atoms with Gasteiger partial charge in [-0.25, -0.2) is 8.78 Å². The molecule has 1 unspecified atom stereocenters. The van der Waals surface area contributed by atoms with Crippen molar-refractivity contribution in [1.82, 2.24) is 10.6 Å². The maximum Gasteiger partial charge on any atom is 0.249 e. The minimum atomic E-state index is -0.787. The molecule has 2 rings (SSSR count). The van der Waals surface area contributed by atoms with Crippen molar-refractivity contribution in [2.45, 2.75) is 18.9 Å². The van der Waals surface area contributed by atoms with Crippen LogP contribution in [0.2, 0.25) is 0 Å². The molecule has 0 radical (unpaired) electrons. The molecule has 2 amide bonds. The van der Waals surface area contributed by atoms with Crippen LogP contribution in [0.4, 0.5) is 14.5 Å². The van der Waals surface area contributed by atoms with Gasteiger partial charge in [-0.15, -0.1) is 12.4 Å². The van der Waals surface area contributed by atoms with Gasteiger partial charge in [-0.05, 0) is 25.6 Å². The van der Waals surface area contributed by atoms with Crippen molar-refractivity contribution >= 4 is 29.9 Å². The molecule has 1 fully saturated rings. The molecule has 1 aromatic rings. The summed E-state index contributed by atoms with van der Waals surface area (Å²) in [7, 11) is 1.72. The number of para-hydroxylation sites is 1. The van der Waals surface area contributed by atoms with Crippen LogP contribution in [0, 0.1) is 11.6 Å². The number of hydrogen-bond acceptors (Lipinski definition) is 3. The molecule has 22 heavy (non-hydrogen) atoms. The summed E-state index contributed by atoms with van der Waals surface area (Å²) >= 11 is 0. The topological polar surface area (TPSA) is 61.4 Å². The largest absolute Gasteiger partial charge is 0.344 e. The van der Waals surface area contributed by atoms with E-state index in [1.807, 2.05) is 0 Å². The fourth-order valence-corrected chi connectivity index (χ4v) is 2.29. The van der Waals surface area contributed by atoms with E-state index in [9.17, 15) is 18.4 Å². The molecule has 1 aliphatic heterocycles. The lowest BCUT2D eigenvalue weighted by atomic mass is 10.2. The summed E-state index contributed by atoms with van der Waals surface area (Å²) in [6.07, 6.45) is 0.576. The third-order valence-corrected chi connectivity index (χ3v) is 3.35. The van der Waals surface area contributed by atoms with Crippen LogP contribution in [0.1, 0.15) is 12.8 Å². The van der Waals surface area contributed by atoms with Gasteiger partial charge in [0.15, 0.2) is 0 Å². The van der Waals surface area contributed by atoms with Crippen LogP contribution >= 0.6 is 12.4 Å². The summed E-state index contributed by atoms with van der Waals surface area (Å²) in [6.45, 7) is 0.673. The first-order valence-electron chi connectivity index (χ1n) is 6.74. The monoisotopic (exact) mass is 333 g/mol. The Morgan fingerprint density at radius 1 is 1.36 bits per heavy atom. The molecule has 2 N–H and O–H groups in total. The Hall–Kier alpha value is -1.73. The minimum Gasteiger partial charge on any atom is -0.344 e. The van der Waals surface area contributed by atoms with Gasteiger partial charge in [0.2, 0.25) is 11.8 Å². The second kappa shape index (κ2) is 8.05. The molecule has 0 bridgehead atoms. The average Bonchev–Trinajstić information content (AvgIpc) is 2.78. The SMILES string of the molecule is CNCCC(=O)NC1CCN(c2c(F)cccc2F)C1=O.Cl. The van der Waals surface area contributed by atoms with Gasteiger partial charge in [0.25, 0.3) is 0 Å². The van der Waals surface area contributed by atoms with Crippen molar-refractivity contribution in [3.8, 4) is 0 Å². The first-order chi connectivity index (χ1) is 10.0. The van der Waals surface area contributed by atoms with Crippen LogP contribution in [0.25, 0.3) is 0 Å². The molecule has 5 nitrogen and oxygen atoms in total. The molecule has 8 heteroatoms. The van der Waals surface area contributed by atoms with Crippen LogP contribution in [0.3, 0.4) is 0 Å². The van der Waals surface area contributed by atoms with Gasteiger partial charge in [-0.3, -0.25) is 9.59 Å². The molecule has 0 saturated carbocycles. The van der Waals surface area contributed by atoms with Crippen molar-refractivity contribution in [1.29, 1.82) is 0 Å². The summed E-state index contributed by atoms with van der Waals surface area (Å²) in [5.74, 6) is -2.33. The summed E-state index contributed by atoms with van der Waals surface area (Å²) in [5.41, 5.74) is -0.352. The van der Waals surface area contributed by atoms with Gasteiger partial charge in [-0.1, -0.05) is 6.07 Å². The Kier molecular flexibility index (Phi) is 6.70. The normalized spacial score (nSPS) is 17.3. The molecule has 0 aliphatic carbocycles. The minimum absolute atomic E-state index is 0. The lowest BCUT2D eigenvalue weighted by molar-refractivity contribution is -0.126. The van der Waals surface area contributed by atoms with Gasteiger partial charge >= 0.3 is 0 Å². The highest BCUT2D eigenvalue weighted by Gasteiger charge is 2.35. The van der Waals surface area contributed by atoms with Gasteiger partial charge in [0, 0.05) is 19.5 Å². The number of carbonyl (C=O) groups is 2. The first-order valence-corrected chi connectivity index (χ1v) is 6.74. The van der Waals surface area contributed by atoms with E-state index in [4.69, 9.17) is 0 Å². The van der Waals surface area contributed by atoms with Crippen molar-refractivity contribution in [2.75, 3.05) is 25.0 Å². The van der Waals surface area contributed by atoms with E-state index >= 15 is 0 Å². The van der Waals surface area contributed by atoms with Gasteiger partial charge in [-0.2, -0.15) is 0 Å². The summed E-state index contributed by atoms with van der Waals surface area (Å²) in [4.78, 5) is 24.8. The lowest BCUT2D eigenvalue weighted by Gasteiger charge is -2.18. The Morgan fingerprint density at radius 2 is 2.00 bits per heavy atom. The smallest absolute Gasteiger partial charge is 0.249 e. The van der Waals surface area contributed by atoms with Crippen molar-refractivity contribution in [3.05, 3.63) is 29.8 Å². The summed E-state index contributed by atoms with van der Waals surface area (Å²) < 4.78 is 27.4. The van der Waals surface area contributed by atoms with Crippen molar-refractivity contribution in [2.24, 2.45) is 0 Å². The molecular formula is C14H18ClF2N3O2. The molecule has 1 aliphatic rings. The Balaban J connectivity index is 0.00000242. The van der Waals surface area contributed by atoms with Crippen LogP contribution < -0.4 is 15.5 Å². The quantitative estimate of drug-likeness (QED) is 0.851. The van der Waals surface area contributed by atoms with E-state index in [1.54, 1.807) is 7.05 Å². The number of hydrogen-bond donors (Lipinski definition) is 2. The number of amides is 2. The van der Waals surface area contributed by atoms with Gasteiger partial charge in [0.1, 0.15) is 23.4 Å². The van der Waals surface area contributed by atoms with E-state index in [1.165, 1.54) is 6.07 Å². The van der Waals surface area contributed by atoms with E-state index in [0.29, 0.717) is 13.0 Å². The Bertz CT molecular complexity index is 537. The number of anilines is 1. The number of nitrogens with one attached hydrogen (secondary N) is 2. The van der Waals surface area contributed by atoms with E-state index < -0.39 is 23.6 Å². The van der Waals surface area contributed by atoms with Crippen molar-refractivity contribution < 1.29 is 18.4 Å². The molecule has 1 heterocycles. The van der Waals surface area contributed by atoms with E-state index in [0.717, 1.165) is 17.0 Å². The van der Waals surface area contributed by atoms with Crippen LogP contribution in [0.5, 0.6) is 0 Å². The van der Waals surface area contributed by atoms with Gasteiger partial charge < -0.3 is 15.5 Å². The average molecular weight is 334 g/mol. The highest BCUT2D eigenvalue weighted by atomic mass is 35.5. The number of carbonyl (C=O) groups excluding carboxylic acids is 2. The highest BCUT2D eigenvalue weighted by Crippen LogP contribution is 2.27. The summed E-state index contributed by atoms with van der Waals surface area (Å²) in [6, 6.07) is 2.72. The second-order valence-electron chi connectivity index (χ2n) is 4.82. The number of halogens is 3. The maximum atomic E-state index is 13.7. The maximum absolute atomic E-state index is 13.7. The number of nitrogens with zero attached hydrogens (tertiary/aromatic N) is 1. The molecule has 1 aromatic carbocycles. The van der Waals surface area contributed by atoms with Crippen molar-refractivity contribution in [3.63, 3.8) is 0 Å². The van der Waals surface area contributed by atoms with Crippen LogP contribution in [-0.4, -0.2) is 38.0 Å². The third kappa shape index (κ3) is 3.92. The first kappa shape index (κ1) is 18.3. The fraction of sp³-hybridized carbons (Fsp3) is 0.429. The van der Waals surface area contributed by atoms with Gasteiger partial charge in [0.05, 0.1) is 0 Å². The Morgan fingerprint density at radius 3 is 2.59 bits per heavy atom. The predicted octanol–water partition coefficient (Wildman–Crippen LogP) is 1.22. The second-order valence-corrected chi connectivity index (χ2v) is 4.82. The molecule has 0 spiro atoms. The molecular weight excluding hydrogens is 316 g/mol.